The molecule has 0 fully saturated rings. The van der Waals surface area contributed by atoms with E-state index in [0.29, 0.717) is 38.3 Å². The molecule has 1 atom stereocenters. The van der Waals surface area contributed by atoms with Gasteiger partial charge in [0.05, 0.1) is 11.3 Å². The summed E-state index contributed by atoms with van der Waals surface area (Å²) < 4.78 is 7.84. The van der Waals surface area contributed by atoms with Gasteiger partial charge in [-0.3, -0.25) is 14.6 Å². The minimum atomic E-state index is -0.723. The Morgan fingerprint density at radius 1 is 1.43 bits per heavy atom. The van der Waals surface area contributed by atoms with Crippen molar-refractivity contribution in [1.82, 2.24) is 10.1 Å². The number of aromatic nitrogens is 3. The Hall–Kier alpha value is -2.65. The van der Waals surface area contributed by atoms with Crippen LogP contribution in [0.4, 0.5) is 5.69 Å². The van der Waals surface area contributed by atoms with Gasteiger partial charge in [-0.25, -0.2) is 4.90 Å². The van der Waals surface area contributed by atoms with E-state index in [4.69, 9.17) is 4.42 Å². The Kier molecular flexibility index (Phi) is 4.94. The summed E-state index contributed by atoms with van der Waals surface area (Å²) in [5.41, 5.74) is 1.35. The Morgan fingerprint density at radius 2 is 2.21 bits per heavy atom. The molecule has 0 saturated heterocycles. The number of nitrogens with one attached hydrogen (secondary N) is 1. The number of amides is 1. The first kappa shape index (κ1) is 18.7. The molecule has 1 aliphatic heterocycles. The van der Waals surface area contributed by atoms with Gasteiger partial charge >= 0.3 is 17.4 Å². The van der Waals surface area contributed by atoms with Gasteiger partial charge in [-0.1, -0.05) is 30.0 Å². The third-order valence-electron chi connectivity index (χ3n) is 4.28. The van der Waals surface area contributed by atoms with Crippen LogP contribution in [-0.2, 0) is 4.79 Å². The number of nitrogens with zero attached hydrogens (tertiary/aromatic N) is 3. The summed E-state index contributed by atoms with van der Waals surface area (Å²) in [4.78, 5) is 30.0. The molecule has 0 spiro atoms. The summed E-state index contributed by atoms with van der Waals surface area (Å²) in [6.45, 7) is 5.18. The number of hydrogen-bond acceptors (Lipinski definition) is 5. The van der Waals surface area contributed by atoms with Gasteiger partial charge in [-0.05, 0) is 44.9 Å². The summed E-state index contributed by atoms with van der Waals surface area (Å²) >= 11 is 4.66. The third kappa shape index (κ3) is 3.10. The van der Waals surface area contributed by atoms with E-state index in [0.717, 1.165) is 0 Å². The van der Waals surface area contributed by atoms with Crippen molar-refractivity contribution in [2.24, 2.45) is 0 Å². The second-order valence-electron chi connectivity index (χ2n) is 6.07. The summed E-state index contributed by atoms with van der Waals surface area (Å²) in [5, 5.41) is 5.05. The normalized spacial score (nSPS) is 15.1. The van der Waals surface area contributed by atoms with E-state index in [1.165, 1.54) is 18.7 Å². The van der Waals surface area contributed by atoms with Crippen molar-refractivity contribution in [3.05, 3.63) is 69.8 Å². The predicted octanol–water partition coefficient (Wildman–Crippen LogP) is 3.27. The number of benzene rings is 1. The summed E-state index contributed by atoms with van der Waals surface area (Å²) in [6, 6.07) is 10.8. The summed E-state index contributed by atoms with van der Waals surface area (Å²) in [7, 11) is 0. The Labute approximate surface area is 173 Å². The molecule has 1 aromatic carbocycles. The number of para-hydroxylation sites is 1. The maximum absolute atomic E-state index is 13.0. The molecular weight excluding hydrogens is 444 g/mol. The number of aromatic amines is 1. The van der Waals surface area contributed by atoms with Crippen LogP contribution < -0.4 is 15.1 Å². The fraction of sp³-hybridized carbons (Fsp3) is 0.158. The maximum Gasteiger partial charge on any atom is 0.325 e. The van der Waals surface area contributed by atoms with E-state index >= 15 is 0 Å². The first-order chi connectivity index (χ1) is 13.5. The molecule has 0 bridgehead atoms. The van der Waals surface area contributed by atoms with Gasteiger partial charge in [0.1, 0.15) is 0 Å². The van der Waals surface area contributed by atoms with Crippen molar-refractivity contribution in [1.29, 1.82) is 0 Å². The van der Waals surface area contributed by atoms with E-state index < -0.39 is 6.17 Å². The number of carbonyl (C=O) groups is 1. The molecule has 1 N–H and O–H groups in total. The Balaban J connectivity index is 2.03. The molecular formula is C19H16BrN4O3S+. The molecule has 3 heterocycles. The van der Waals surface area contributed by atoms with Gasteiger partial charge in [-0.15, -0.1) is 6.58 Å². The van der Waals surface area contributed by atoms with E-state index in [-0.39, 0.29) is 11.5 Å². The van der Waals surface area contributed by atoms with Crippen LogP contribution in [0, 0.1) is 0 Å². The van der Waals surface area contributed by atoms with E-state index in [1.54, 1.807) is 33.9 Å². The van der Waals surface area contributed by atoms with Gasteiger partial charge in [0.2, 0.25) is 11.1 Å². The monoisotopic (exact) mass is 459 g/mol. The van der Waals surface area contributed by atoms with Crippen LogP contribution in [0.2, 0.25) is 0 Å². The van der Waals surface area contributed by atoms with Crippen LogP contribution in [0.1, 0.15) is 18.8 Å². The highest BCUT2D eigenvalue weighted by atomic mass is 79.9. The Bertz CT molecular complexity index is 1140. The van der Waals surface area contributed by atoms with Crippen LogP contribution in [0.15, 0.2) is 68.1 Å². The molecule has 0 aliphatic carbocycles. The number of hydrogen-bond donors (Lipinski definition) is 1. The lowest BCUT2D eigenvalue weighted by Gasteiger charge is -2.29. The highest BCUT2D eigenvalue weighted by Crippen LogP contribution is 2.37. The number of anilines is 1. The lowest BCUT2D eigenvalue weighted by Crippen LogP contribution is -2.60. The highest BCUT2D eigenvalue weighted by molar-refractivity contribution is 9.10. The van der Waals surface area contributed by atoms with Crippen molar-refractivity contribution < 1.29 is 13.9 Å². The zero-order chi connectivity index (χ0) is 19.8. The average Bonchev–Trinajstić information content (AvgIpc) is 3.10. The lowest BCUT2D eigenvalue weighted by molar-refractivity contribution is -0.764. The summed E-state index contributed by atoms with van der Waals surface area (Å²) in [5.74, 6) is 0.887. The SMILES string of the molecule is C=CCSc1n[n+]2c(c(=O)[nH]1)-c1ccccc1N(C(C)=O)C2c1ccc(Br)o1. The van der Waals surface area contributed by atoms with Crippen molar-refractivity contribution >= 4 is 39.3 Å². The van der Waals surface area contributed by atoms with Crippen LogP contribution >= 0.6 is 27.7 Å². The smallest absolute Gasteiger partial charge is 0.325 e. The lowest BCUT2D eigenvalue weighted by atomic mass is 10.0. The molecule has 3 aromatic rings. The Morgan fingerprint density at radius 3 is 2.89 bits per heavy atom. The highest BCUT2D eigenvalue weighted by Gasteiger charge is 2.46. The molecule has 1 amide bonds. The molecule has 0 saturated carbocycles. The maximum atomic E-state index is 13.0. The number of carbonyl (C=O) groups excluding carboxylic acids is 1. The van der Waals surface area contributed by atoms with Gasteiger partial charge in [0.15, 0.2) is 10.4 Å². The quantitative estimate of drug-likeness (QED) is 0.367. The van der Waals surface area contributed by atoms with Crippen LogP contribution in [0.25, 0.3) is 11.3 Å². The molecule has 7 nitrogen and oxygen atoms in total. The first-order valence-corrected chi connectivity index (χ1v) is 10.2. The molecule has 28 heavy (non-hydrogen) atoms. The molecule has 1 unspecified atom stereocenters. The van der Waals surface area contributed by atoms with Gasteiger partial charge in [0.25, 0.3) is 0 Å². The van der Waals surface area contributed by atoms with Gasteiger partial charge in [0, 0.05) is 17.8 Å². The van der Waals surface area contributed by atoms with Crippen molar-refractivity contribution in [3.63, 3.8) is 0 Å². The van der Waals surface area contributed by atoms with E-state index in [1.807, 2.05) is 18.2 Å². The van der Waals surface area contributed by atoms with Gasteiger partial charge < -0.3 is 4.42 Å². The van der Waals surface area contributed by atoms with E-state index in [2.05, 4.69) is 32.6 Å². The number of rotatable bonds is 4. The van der Waals surface area contributed by atoms with Crippen LogP contribution in [-0.4, -0.2) is 21.7 Å². The largest absolute Gasteiger partial charge is 0.445 e. The fourth-order valence-electron chi connectivity index (χ4n) is 3.24. The molecule has 142 valence electrons. The standard InChI is InChI=1S/C19H15BrN4O3S/c1-3-10-28-19-21-17(26)16-12-6-4-5-7-13(12)23(11(2)25)18(24(16)22-19)14-8-9-15(20)27-14/h3-9,18H,1,10H2,2H3/p+1. The minimum Gasteiger partial charge on any atom is -0.445 e. The number of fused-ring (bicyclic) bond motifs is 3. The predicted molar refractivity (Wildman–Crippen MR) is 109 cm³/mol. The first-order valence-electron chi connectivity index (χ1n) is 8.45. The average molecular weight is 460 g/mol. The van der Waals surface area contributed by atoms with Crippen LogP contribution in [0.5, 0.6) is 0 Å². The van der Waals surface area contributed by atoms with Crippen LogP contribution in [0.3, 0.4) is 0 Å². The second kappa shape index (κ2) is 7.40. The third-order valence-corrected chi connectivity index (χ3v) is 5.57. The minimum absolute atomic E-state index is 0.189. The molecule has 4 rings (SSSR count). The number of furan rings is 1. The molecule has 1 aliphatic rings. The number of H-pyrrole nitrogens is 1. The number of halogens is 1. The van der Waals surface area contributed by atoms with E-state index in [9.17, 15) is 9.59 Å². The van der Waals surface area contributed by atoms with Crippen molar-refractivity contribution in [2.45, 2.75) is 18.2 Å². The fourth-order valence-corrected chi connectivity index (χ4v) is 4.15. The zero-order valence-corrected chi connectivity index (χ0v) is 17.3. The molecule has 0 radical (unpaired) electrons. The molecule has 2 aromatic heterocycles. The number of thioether (sulfide) groups is 1. The second-order valence-corrected chi connectivity index (χ2v) is 7.86. The molecule has 9 heteroatoms. The summed E-state index contributed by atoms with van der Waals surface area (Å²) in [6.07, 6.45) is 1.01. The van der Waals surface area contributed by atoms with Crippen molar-refractivity contribution in [2.75, 3.05) is 10.7 Å². The van der Waals surface area contributed by atoms with Gasteiger partial charge in [-0.2, -0.15) is 0 Å². The topological polar surface area (TPSA) is 83.1 Å². The van der Waals surface area contributed by atoms with Crippen molar-refractivity contribution in [3.8, 4) is 11.3 Å². The zero-order valence-electron chi connectivity index (χ0n) is 14.9.